The van der Waals surface area contributed by atoms with E-state index in [9.17, 15) is 14.4 Å². The molecule has 0 bridgehead atoms. The molecule has 2 heterocycles. The highest BCUT2D eigenvalue weighted by Gasteiger charge is 2.38. The largest absolute Gasteiger partial charge is 0.495 e. The second-order valence-electron chi connectivity index (χ2n) is 6.34. The van der Waals surface area contributed by atoms with Gasteiger partial charge in [0.2, 0.25) is 0 Å². The van der Waals surface area contributed by atoms with Crippen LogP contribution in [-0.2, 0) is 9.59 Å². The van der Waals surface area contributed by atoms with Crippen LogP contribution >= 0.6 is 0 Å². The number of anilines is 1. The van der Waals surface area contributed by atoms with Gasteiger partial charge in [0.1, 0.15) is 11.3 Å². The number of carbonyl (C=O) groups excluding carboxylic acids is 3. The molecule has 1 fully saturated rings. The Labute approximate surface area is 171 Å². The molecule has 1 aromatic heterocycles. The van der Waals surface area contributed by atoms with E-state index in [0.717, 1.165) is 10.5 Å². The monoisotopic (exact) mass is 400 g/mol. The Hall–Kier alpha value is -4.33. The van der Waals surface area contributed by atoms with Crippen LogP contribution in [0.25, 0.3) is 17.5 Å². The van der Waals surface area contributed by atoms with Crippen LogP contribution in [0, 0.1) is 0 Å². The zero-order valence-electron chi connectivity index (χ0n) is 15.9. The van der Waals surface area contributed by atoms with Gasteiger partial charge in [0.25, 0.3) is 11.8 Å². The minimum atomic E-state index is -0.845. The van der Waals surface area contributed by atoms with Gasteiger partial charge in [0, 0.05) is 23.5 Å². The van der Waals surface area contributed by atoms with Crippen LogP contribution in [0.3, 0.4) is 0 Å². The molecule has 30 heavy (non-hydrogen) atoms. The van der Waals surface area contributed by atoms with Crippen molar-refractivity contribution in [2.75, 3.05) is 12.0 Å². The maximum Gasteiger partial charge on any atom is 0.336 e. The number of methoxy groups -OCH3 is 1. The van der Waals surface area contributed by atoms with Crippen LogP contribution in [0.1, 0.15) is 5.56 Å². The minimum Gasteiger partial charge on any atom is -0.495 e. The van der Waals surface area contributed by atoms with Crippen LogP contribution in [0.15, 0.2) is 72.6 Å². The molecule has 148 valence electrons. The molecular formula is C22H16N4O4. The standard InChI is InChI=1S/C22H16N4O4/c1-30-18-10-6-5-9-17(18)26-21(28)16(20(27)25-22(26)29)11-14-12-23-19(24-13-14)15-7-3-2-4-8-15/h2-13H,1H3,(H,25,27,29). The number of imide groups is 2. The fourth-order valence-corrected chi connectivity index (χ4v) is 3.01. The minimum absolute atomic E-state index is 0.212. The third kappa shape index (κ3) is 3.53. The fraction of sp³-hybridized carbons (Fsp3) is 0.0455. The third-order valence-corrected chi connectivity index (χ3v) is 4.44. The van der Waals surface area contributed by atoms with Crippen molar-refractivity contribution in [2.45, 2.75) is 0 Å². The van der Waals surface area contributed by atoms with Gasteiger partial charge in [-0.15, -0.1) is 0 Å². The molecule has 3 aromatic rings. The number of hydrogen-bond donors (Lipinski definition) is 1. The molecule has 1 saturated heterocycles. The lowest BCUT2D eigenvalue weighted by Gasteiger charge is -2.27. The van der Waals surface area contributed by atoms with Gasteiger partial charge in [-0.25, -0.2) is 19.7 Å². The van der Waals surface area contributed by atoms with E-state index in [1.54, 1.807) is 24.3 Å². The van der Waals surface area contributed by atoms with Gasteiger partial charge in [-0.3, -0.25) is 14.9 Å². The van der Waals surface area contributed by atoms with E-state index in [4.69, 9.17) is 4.74 Å². The molecule has 0 saturated carbocycles. The van der Waals surface area contributed by atoms with E-state index < -0.39 is 17.8 Å². The lowest BCUT2D eigenvalue weighted by atomic mass is 10.1. The summed E-state index contributed by atoms with van der Waals surface area (Å²) < 4.78 is 5.23. The predicted molar refractivity (Wildman–Crippen MR) is 109 cm³/mol. The van der Waals surface area contributed by atoms with Crippen LogP contribution in [0.5, 0.6) is 5.75 Å². The highest BCUT2D eigenvalue weighted by atomic mass is 16.5. The molecule has 4 rings (SSSR count). The molecule has 8 nitrogen and oxygen atoms in total. The maximum absolute atomic E-state index is 13.0. The second kappa shape index (κ2) is 7.96. The first-order chi connectivity index (χ1) is 14.6. The van der Waals surface area contributed by atoms with E-state index in [2.05, 4.69) is 15.3 Å². The Morgan fingerprint density at radius 3 is 2.30 bits per heavy atom. The van der Waals surface area contributed by atoms with Crippen molar-refractivity contribution in [3.63, 3.8) is 0 Å². The Bertz CT molecular complexity index is 1160. The summed E-state index contributed by atoms with van der Waals surface area (Å²) in [6.45, 7) is 0. The van der Waals surface area contributed by atoms with E-state index in [1.165, 1.54) is 25.6 Å². The number of nitrogens with zero attached hydrogens (tertiary/aromatic N) is 3. The van der Waals surface area contributed by atoms with Gasteiger partial charge in [-0.05, 0) is 18.2 Å². The average Bonchev–Trinajstić information content (AvgIpc) is 2.78. The summed E-state index contributed by atoms with van der Waals surface area (Å²) in [5, 5.41) is 2.18. The summed E-state index contributed by atoms with van der Waals surface area (Å²) in [5.74, 6) is -0.711. The second-order valence-corrected chi connectivity index (χ2v) is 6.34. The summed E-state index contributed by atoms with van der Waals surface area (Å²) in [4.78, 5) is 47.1. The molecule has 4 amide bonds. The van der Waals surface area contributed by atoms with Crippen LogP contribution in [0.4, 0.5) is 10.5 Å². The van der Waals surface area contributed by atoms with E-state index >= 15 is 0 Å². The normalized spacial score (nSPS) is 15.3. The zero-order valence-corrected chi connectivity index (χ0v) is 15.9. The van der Waals surface area contributed by atoms with Crippen LogP contribution in [0.2, 0.25) is 0 Å². The number of carbonyl (C=O) groups is 3. The van der Waals surface area contributed by atoms with E-state index in [-0.39, 0.29) is 11.3 Å². The number of aromatic nitrogens is 2. The molecule has 0 atom stereocenters. The Kier molecular flexibility index (Phi) is 5.04. The number of barbiturate groups is 1. The summed E-state index contributed by atoms with van der Waals surface area (Å²) in [5.41, 5.74) is 1.31. The van der Waals surface area contributed by atoms with Gasteiger partial charge in [-0.2, -0.15) is 0 Å². The molecule has 0 spiro atoms. The smallest absolute Gasteiger partial charge is 0.336 e. The van der Waals surface area contributed by atoms with Crippen molar-refractivity contribution in [2.24, 2.45) is 0 Å². The first-order valence-electron chi connectivity index (χ1n) is 9.00. The molecule has 0 aliphatic carbocycles. The van der Waals surface area contributed by atoms with Gasteiger partial charge in [-0.1, -0.05) is 42.5 Å². The summed E-state index contributed by atoms with van der Waals surface area (Å²) in [6.07, 6.45) is 4.36. The highest BCUT2D eigenvalue weighted by Crippen LogP contribution is 2.30. The summed E-state index contributed by atoms with van der Waals surface area (Å²) in [6, 6.07) is 15.1. The maximum atomic E-state index is 13.0. The Morgan fingerprint density at radius 2 is 1.60 bits per heavy atom. The van der Waals surface area contributed by atoms with Gasteiger partial charge >= 0.3 is 6.03 Å². The third-order valence-electron chi connectivity index (χ3n) is 4.44. The number of ether oxygens (including phenoxy) is 1. The van der Waals surface area contributed by atoms with E-state index in [1.807, 2.05) is 30.3 Å². The van der Waals surface area contributed by atoms with Gasteiger partial charge < -0.3 is 4.74 Å². The molecule has 0 unspecified atom stereocenters. The van der Waals surface area contributed by atoms with Crippen LogP contribution in [-0.4, -0.2) is 34.9 Å². The lowest BCUT2D eigenvalue weighted by Crippen LogP contribution is -2.54. The SMILES string of the molecule is COc1ccccc1N1C(=O)NC(=O)C(=Cc2cnc(-c3ccccc3)nc2)C1=O. The lowest BCUT2D eigenvalue weighted by molar-refractivity contribution is -0.122. The summed E-state index contributed by atoms with van der Waals surface area (Å²) >= 11 is 0. The predicted octanol–water partition coefficient (Wildman–Crippen LogP) is 2.82. The number of benzene rings is 2. The van der Waals surface area contributed by atoms with Crippen molar-refractivity contribution >= 4 is 29.6 Å². The average molecular weight is 400 g/mol. The van der Waals surface area contributed by atoms with Crippen molar-refractivity contribution in [3.8, 4) is 17.1 Å². The first-order valence-corrected chi connectivity index (χ1v) is 9.00. The quantitative estimate of drug-likeness (QED) is 0.534. The Balaban J connectivity index is 1.67. The van der Waals surface area contributed by atoms with Crippen molar-refractivity contribution in [3.05, 3.63) is 78.1 Å². The molecule has 2 aromatic carbocycles. The number of amides is 4. The highest BCUT2D eigenvalue weighted by molar-refractivity contribution is 6.39. The first kappa shape index (κ1) is 19.0. The topological polar surface area (TPSA) is 101 Å². The number of urea groups is 1. The van der Waals surface area contributed by atoms with Crippen molar-refractivity contribution in [1.29, 1.82) is 0 Å². The van der Waals surface area contributed by atoms with Crippen LogP contribution < -0.4 is 15.0 Å². The molecule has 1 N–H and O–H groups in total. The zero-order chi connectivity index (χ0) is 21.1. The van der Waals surface area contributed by atoms with Gasteiger partial charge in [0.05, 0.1) is 12.8 Å². The van der Waals surface area contributed by atoms with Crippen molar-refractivity contribution in [1.82, 2.24) is 15.3 Å². The van der Waals surface area contributed by atoms with Gasteiger partial charge in [0.15, 0.2) is 5.82 Å². The molecule has 8 heteroatoms. The molecule has 1 aliphatic rings. The number of rotatable bonds is 4. The number of para-hydroxylation sites is 2. The Morgan fingerprint density at radius 1 is 0.933 bits per heavy atom. The molecule has 0 radical (unpaired) electrons. The summed E-state index contributed by atoms with van der Waals surface area (Å²) in [7, 11) is 1.43. The molecule has 1 aliphatic heterocycles. The number of hydrogen-bond acceptors (Lipinski definition) is 6. The fourth-order valence-electron chi connectivity index (χ4n) is 3.01. The van der Waals surface area contributed by atoms with Crippen molar-refractivity contribution < 1.29 is 19.1 Å². The molecular weight excluding hydrogens is 384 g/mol. The van der Waals surface area contributed by atoms with E-state index in [0.29, 0.717) is 17.1 Å². The number of nitrogens with one attached hydrogen (secondary N) is 1.